The molecule has 1 amide bonds. The molecule has 11 heteroatoms. The van der Waals surface area contributed by atoms with Gasteiger partial charge in [0.15, 0.2) is 11.6 Å². The van der Waals surface area contributed by atoms with Gasteiger partial charge in [-0.1, -0.05) is 0 Å². The summed E-state index contributed by atoms with van der Waals surface area (Å²) in [5.41, 5.74) is 4.85. The summed E-state index contributed by atoms with van der Waals surface area (Å²) < 4.78 is 39.7. The van der Waals surface area contributed by atoms with Crippen LogP contribution in [0.25, 0.3) is 5.82 Å². The number of nitrogens with zero attached hydrogens (tertiary/aromatic N) is 5. The predicted molar refractivity (Wildman–Crippen MR) is 88.7 cm³/mol. The molecule has 3 N–H and O–H groups in total. The number of hydrogen-bond donors (Lipinski definition) is 2. The minimum atomic E-state index is -4.59. The van der Waals surface area contributed by atoms with Crippen LogP contribution in [-0.4, -0.2) is 30.6 Å². The second-order valence-electron chi connectivity index (χ2n) is 5.63. The van der Waals surface area contributed by atoms with E-state index in [1.165, 1.54) is 17.2 Å². The number of carbonyl (C=O) groups excluding carboxylic acids is 1. The van der Waals surface area contributed by atoms with Gasteiger partial charge in [-0.2, -0.15) is 23.0 Å². The molecule has 0 aliphatic heterocycles. The molecule has 0 saturated heterocycles. The van der Waals surface area contributed by atoms with Gasteiger partial charge in [0.05, 0.1) is 29.1 Å². The molecule has 0 aromatic carbocycles. The first-order valence-corrected chi connectivity index (χ1v) is 7.70. The summed E-state index contributed by atoms with van der Waals surface area (Å²) in [6.07, 6.45) is -0.150. The maximum absolute atomic E-state index is 12.8. The molecule has 0 unspecified atom stereocenters. The van der Waals surface area contributed by atoms with Crippen molar-refractivity contribution in [2.75, 3.05) is 5.73 Å². The minimum Gasteiger partial charge on any atom is -0.397 e. The van der Waals surface area contributed by atoms with Crippen LogP contribution in [0.5, 0.6) is 0 Å². The topological polar surface area (TPSA) is 112 Å². The maximum atomic E-state index is 12.8. The number of nitrogens with one attached hydrogen (secondary N) is 1. The van der Waals surface area contributed by atoms with Gasteiger partial charge in [-0.3, -0.25) is 9.78 Å². The van der Waals surface area contributed by atoms with Crippen LogP contribution in [0.15, 0.2) is 43.1 Å². The number of hydrogen-bond acceptors (Lipinski definition) is 6. The van der Waals surface area contributed by atoms with Crippen molar-refractivity contribution in [2.24, 2.45) is 0 Å². The van der Waals surface area contributed by atoms with E-state index in [4.69, 9.17) is 5.73 Å². The van der Waals surface area contributed by atoms with Gasteiger partial charge in [0.1, 0.15) is 6.33 Å². The molecule has 0 bridgehead atoms. The molecule has 0 saturated carbocycles. The zero-order valence-corrected chi connectivity index (χ0v) is 14.0. The summed E-state index contributed by atoms with van der Waals surface area (Å²) in [5.74, 6) is 0.0556. The Bertz CT molecular complexity index is 953. The van der Waals surface area contributed by atoms with E-state index in [-0.39, 0.29) is 5.56 Å². The SMILES string of the molecule is C[C@H](NC(=O)c1cncc(C(F)(F)F)c1)c1ncnn1-c1ccc(N)cn1. The molecular weight excluding hydrogens is 363 g/mol. The molecule has 0 spiro atoms. The molecule has 0 aliphatic carbocycles. The number of nitrogens with two attached hydrogens (primary N) is 1. The van der Waals surface area contributed by atoms with Crippen molar-refractivity contribution in [3.63, 3.8) is 0 Å². The van der Waals surface area contributed by atoms with Crippen LogP contribution in [0.1, 0.15) is 34.7 Å². The first-order chi connectivity index (χ1) is 12.8. The average molecular weight is 377 g/mol. The van der Waals surface area contributed by atoms with Crippen molar-refractivity contribution in [3.8, 4) is 5.82 Å². The number of rotatable bonds is 4. The fraction of sp³-hybridized carbons (Fsp3) is 0.188. The zero-order chi connectivity index (χ0) is 19.6. The van der Waals surface area contributed by atoms with E-state index in [1.807, 2.05) is 0 Å². The van der Waals surface area contributed by atoms with E-state index in [1.54, 1.807) is 19.1 Å². The highest BCUT2D eigenvalue weighted by molar-refractivity contribution is 5.94. The van der Waals surface area contributed by atoms with Gasteiger partial charge in [-0.05, 0) is 25.1 Å². The highest BCUT2D eigenvalue weighted by atomic mass is 19.4. The summed E-state index contributed by atoms with van der Waals surface area (Å²) in [6, 6.07) is 3.33. The third kappa shape index (κ3) is 4.02. The second kappa shape index (κ2) is 7.02. The van der Waals surface area contributed by atoms with E-state index < -0.39 is 23.7 Å². The van der Waals surface area contributed by atoms with Crippen LogP contribution in [0.3, 0.4) is 0 Å². The fourth-order valence-electron chi connectivity index (χ4n) is 2.31. The lowest BCUT2D eigenvalue weighted by Gasteiger charge is -2.15. The molecule has 3 heterocycles. The van der Waals surface area contributed by atoms with Crippen molar-refractivity contribution >= 4 is 11.6 Å². The summed E-state index contributed by atoms with van der Waals surface area (Å²) in [4.78, 5) is 24.0. The lowest BCUT2D eigenvalue weighted by molar-refractivity contribution is -0.137. The molecule has 3 aromatic heterocycles. The molecule has 8 nitrogen and oxygen atoms in total. The number of halogens is 3. The Kier molecular flexibility index (Phi) is 4.75. The zero-order valence-electron chi connectivity index (χ0n) is 14.0. The van der Waals surface area contributed by atoms with Crippen LogP contribution >= 0.6 is 0 Å². The third-order valence-electron chi connectivity index (χ3n) is 3.62. The predicted octanol–water partition coefficient (Wildman–Crippen LogP) is 2.15. The van der Waals surface area contributed by atoms with Gasteiger partial charge in [0.25, 0.3) is 5.91 Å². The van der Waals surface area contributed by atoms with E-state index in [9.17, 15) is 18.0 Å². The Morgan fingerprint density at radius 3 is 2.67 bits per heavy atom. The Morgan fingerprint density at radius 1 is 1.22 bits per heavy atom. The van der Waals surface area contributed by atoms with Crippen molar-refractivity contribution in [2.45, 2.75) is 19.1 Å². The van der Waals surface area contributed by atoms with Gasteiger partial charge in [0, 0.05) is 12.4 Å². The lowest BCUT2D eigenvalue weighted by Crippen LogP contribution is -2.29. The summed E-state index contributed by atoms with van der Waals surface area (Å²) in [6.45, 7) is 1.62. The first-order valence-electron chi connectivity index (χ1n) is 7.70. The first kappa shape index (κ1) is 18.3. The number of carbonyl (C=O) groups is 1. The Hall–Kier alpha value is -3.50. The standard InChI is InChI=1S/C16H14F3N7O/c1-9(14-23-8-24-26(14)13-3-2-12(20)7-22-13)25-15(27)10-4-11(6-21-5-10)16(17,18)19/h2-9H,20H2,1H3,(H,25,27)/t9-/m0/s1. The van der Waals surface area contributed by atoms with E-state index >= 15 is 0 Å². The molecule has 3 rings (SSSR count). The molecule has 0 radical (unpaired) electrons. The molecule has 1 atom stereocenters. The normalized spacial score (nSPS) is 12.6. The Morgan fingerprint density at radius 2 is 2.00 bits per heavy atom. The van der Waals surface area contributed by atoms with Crippen LogP contribution < -0.4 is 11.1 Å². The third-order valence-corrected chi connectivity index (χ3v) is 3.62. The number of nitrogen functional groups attached to an aromatic ring is 1. The number of pyridine rings is 2. The highest BCUT2D eigenvalue weighted by Crippen LogP contribution is 2.29. The van der Waals surface area contributed by atoms with E-state index in [0.29, 0.717) is 23.5 Å². The lowest BCUT2D eigenvalue weighted by atomic mass is 10.2. The number of alkyl halides is 3. The van der Waals surface area contributed by atoms with Crippen LogP contribution in [0, 0.1) is 0 Å². The van der Waals surface area contributed by atoms with Gasteiger partial charge >= 0.3 is 6.18 Å². The van der Waals surface area contributed by atoms with Crippen molar-refractivity contribution in [3.05, 3.63) is 60.1 Å². The number of amides is 1. The maximum Gasteiger partial charge on any atom is 0.417 e. The number of anilines is 1. The molecular formula is C16H14F3N7O. The monoisotopic (exact) mass is 377 g/mol. The summed E-state index contributed by atoms with van der Waals surface area (Å²) in [5, 5.41) is 6.63. The quantitative estimate of drug-likeness (QED) is 0.721. The van der Waals surface area contributed by atoms with Crippen molar-refractivity contribution < 1.29 is 18.0 Å². The molecule has 0 aliphatic rings. The summed E-state index contributed by atoms with van der Waals surface area (Å²) in [7, 11) is 0. The Balaban J connectivity index is 1.80. The van der Waals surface area contributed by atoms with Crippen molar-refractivity contribution in [1.82, 2.24) is 30.0 Å². The van der Waals surface area contributed by atoms with Gasteiger partial charge in [-0.15, -0.1) is 0 Å². The molecule has 27 heavy (non-hydrogen) atoms. The van der Waals surface area contributed by atoms with Crippen LogP contribution in [0.2, 0.25) is 0 Å². The second-order valence-corrected chi connectivity index (χ2v) is 5.63. The van der Waals surface area contributed by atoms with Crippen LogP contribution in [0.4, 0.5) is 18.9 Å². The average Bonchev–Trinajstić information content (AvgIpc) is 3.11. The molecule has 0 fully saturated rings. The fourth-order valence-corrected chi connectivity index (χ4v) is 2.31. The largest absolute Gasteiger partial charge is 0.417 e. The van der Waals surface area contributed by atoms with E-state index in [2.05, 4.69) is 25.4 Å². The van der Waals surface area contributed by atoms with Gasteiger partial charge in [0.2, 0.25) is 0 Å². The van der Waals surface area contributed by atoms with E-state index in [0.717, 1.165) is 12.3 Å². The van der Waals surface area contributed by atoms with Gasteiger partial charge in [-0.25, -0.2) is 9.97 Å². The smallest absolute Gasteiger partial charge is 0.397 e. The Labute approximate surface area is 151 Å². The number of aromatic nitrogens is 5. The van der Waals surface area contributed by atoms with Crippen LogP contribution in [-0.2, 0) is 6.18 Å². The van der Waals surface area contributed by atoms with Crippen molar-refractivity contribution in [1.29, 1.82) is 0 Å². The molecule has 3 aromatic rings. The highest BCUT2D eigenvalue weighted by Gasteiger charge is 2.31. The molecule has 140 valence electrons. The minimum absolute atomic E-state index is 0.214. The summed E-state index contributed by atoms with van der Waals surface area (Å²) >= 11 is 0. The van der Waals surface area contributed by atoms with Gasteiger partial charge < -0.3 is 11.1 Å².